The van der Waals surface area contributed by atoms with Gasteiger partial charge in [-0.25, -0.2) is 0 Å². The highest BCUT2D eigenvalue weighted by atomic mass is 19.4. The van der Waals surface area contributed by atoms with Crippen LogP contribution < -0.4 is 10.2 Å². The van der Waals surface area contributed by atoms with Crippen LogP contribution in [-0.2, 0) is 6.18 Å². The minimum Gasteiger partial charge on any atom is -0.370 e. The third kappa shape index (κ3) is 5.50. The van der Waals surface area contributed by atoms with Crippen LogP contribution in [0.2, 0.25) is 0 Å². The molecular formula is C24H33F3N4. The Bertz CT molecular complexity index is 864. The van der Waals surface area contributed by atoms with Crippen LogP contribution in [0.3, 0.4) is 0 Å². The van der Waals surface area contributed by atoms with Crippen molar-refractivity contribution in [3.8, 4) is 0 Å². The highest BCUT2D eigenvalue weighted by molar-refractivity contribution is 5.94. The molecule has 2 unspecified atom stereocenters. The summed E-state index contributed by atoms with van der Waals surface area (Å²) in [6, 6.07) is 6.30. The second kappa shape index (κ2) is 9.74. The van der Waals surface area contributed by atoms with E-state index in [0.717, 1.165) is 44.8 Å². The first kappa shape index (κ1) is 22.3. The maximum Gasteiger partial charge on any atom is 0.418 e. The van der Waals surface area contributed by atoms with Crippen molar-refractivity contribution in [1.29, 1.82) is 0 Å². The van der Waals surface area contributed by atoms with Crippen LogP contribution in [0, 0.1) is 11.8 Å². The summed E-state index contributed by atoms with van der Waals surface area (Å²) in [6.07, 6.45) is 2.16. The highest BCUT2D eigenvalue weighted by Crippen LogP contribution is 2.38. The molecule has 4 nitrogen and oxygen atoms in total. The van der Waals surface area contributed by atoms with E-state index >= 15 is 0 Å². The van der Waals surface area contributed by atoms with Crippen molar-refractivity contribution in [3.63, 3.8) is 0 Å². The van der Waals surface area contributed by atoms with Gasteiger partial charge in [-0.15, -0.1) is 0 Å². The average Bonchev–Trinajstić information content (AvgIpc) is 2.75. The Hall–Kier alpha value is -1.86. The summed E-state index contributed by atoms with van der Waals surface area (Å²) in [5.74, 6) is 0.982. The number of aromatic nitrogens is 1. The fourth-order valence-corrected chi connectivity index (χ4v) is 5.21. The SMILES string of the molecule is CC1CC(CNCCN2CCCCC2)CN(c2ccc(C(F)(F)F)c3ncccc23)C1. The number of halogens is 3. The molecule has 3 heterocycles. The van der Waals surface area contributed by atoms with Crippen LogP contribution in [0.4, 0.5) is 18.9 Å². The maximum absolute atomic E-state index is 13.5. The van der Waals surface area contributed by atoms with E-state index < -0.39 is 11.7 Å². The van der Waals surface area contributed by atoms with Gasteiger partial charge < -0.3 is 15.1 Å². The van der Waals surface area contributed by atoms with Gasteiger partial charge in [-0.05, 0) is 75.0 Å². The quantitative estimate of drug-likeness (QED) is 0.663. The summed E-state index contributed by atoms with van der Waals surface area (Å²) in [6.45, 7) is 9.42. The van der Waals surface area contributed by atoms with Crippen molar-refractivity contribution < 1.29 is 13.2 Å². The molecule has 1 N–H and O–H groups in total. The molecule has 0 spiro atoms. The normalized spacial score (nSPS) is 23.4. The molecule has 0 radical (unpaired) electrons. The number of hydrogen-bond acceptors (Lipinski definition) is 4. The molecule has 0 amide bonds. The van der Waals surface area contributed by atoms with Crippen LogP contribution in [0.5, 0.6) is 0 Å². The second-order valence-electron chi connectivity index (χ2n) is 9.25. The summed E-state index contributed by atoms with van der Waals surface area (Å²) in [4.78, 5) is 8.88. The van der Waals surface area contributed by atoms with Gasteiger partial charge in [0, 0.05) is 43.4 Å². The molecule has 2 aliphatic rings. The van der Waals surface area contributed by atoms with E-state index in [9.17, 15) is 13.2 Å². The Kier molecular flexibility index (Phi) is 7.02. The van der Waals surface area contributed by atoms with Gasteiger partial charge in [-0.3, -0.25) is 4.98 Å². The number of anilines is 1. The molecule has 7 heteroatoms. The fraction of sp³-hybridized carbons (Fsp3) is 0.625. The predicted molar refractivity (Wildman–Crippen MR) is 119 cm³/mol. The van der Waals surface area contributed by atoms with Crippen molar-refractivity contribution in [2.45, 2.75) is 38.8 Å². The molecule has 0 aliphatic carbocycles. The lowest BCUT2D eigenvalue weighted by Gasteiger charge is -2.39. The zero-order valence-electron chi connectivity index (χ0n) is 18.3. The van der Waals surface area contributed by atoms with E-state index in [1.807, 2.05) is 0 Å². The molecule has 2 aromatic rings. The van der Waals surface area contributed by atoms with E-state index in [2.05, 4.69) is 27.0 Å². The molecule has 2 fully saturated rings. The van der Waals surface area contributed by atoms with Crippen LogP contribution in [0.1, 0.15) is 38.2 Å². The first-order valence-corrected chi connectivity index (χ1v) is 11.5. The minimum absolute atomic E-state index is 0.0435. The molecule has 2 atom stereocenters. The van der Waals surface area contributed by atoms with Gasteiger partial charge in [0.15, 0.2) is 0 Å². The molecule has 2 saturated heterocycles. The van der Waals surface area contributed by atoms with Gasteiger partial charge in [0.05, 0.1) is 11.1 Å². The van der Waals surface area contributed by atoms with E-state index in [4.69, 9.17) is 0 Å². The summed E-state index contributed by atoms with van der Waals surface area (Å²) >= 11 is 0. The van der Waals surface area contributed by atoms with Crippen LogP contribution >= 0.6 is 0 Å². The molecule has 4 rings (SSSR count). The van der Waals surface area contributed by atoms with Gasteiger partial charge in [0.25, 0.3) is 0 Å². The molecule has 1 aromatic heterocycles. The van der Waals surface area contributed by atoms with Crippen molar-refractivity contribution in [2.75, 3.05) is 50.7 Å². The molecule has 170 valence electrons. The maximum atomic E-state index is 13.5. The molecule has 31 heavy (non-hydrogen) atoms. The third-order valence-corrected chi connectivity index (χ3v) is 6.63. The number of alkyl halides is 3. The van der Waals surface area contributed by atoms with Gasteiger partial charge in [-0.1, -0.05) is 13.3 Å². The van der Waals surface area contributed by atoms with E-state index in [-0.39, 0.29) is 5.52 Å². The Morgan fingerprint density at radius 3 is 2.68 bits per heavy atom. The Morgan fingerprint density at radius 1 is 1.10 bits per heavy atom. The number of rotatable bonds is 6. The van der Waals surface area contributed by atoms with Crippen molar-refractivity contribution >= 4 is 16.6 Å². The predicted octanol–water partition coefficient (Wildman–Crippen LogP) is 4.79. The van der Waals surface area contributed by atoms with E-state index in [1.165, 1.54) is 44.6 Å². The van der Waals surface area contributed by atoms with Gasteiger partial charge >= 0.3 is 6.18 Å². The number of hydrogen-bond donors (Lipinski definition) is 1. The van der Waals surface area contributed by atoms with Crippen LogP contribution in [0.25, 0.3) is 10.9 Å². The van der Waals surface area contributed by atoms with Gasteiger partial charge in [0.1, 0.15) is 0 Å². The third-order valence-electron chi connectivity index (χ3n) is 6.63. The topological polar surface area (TPSA) is 31.4 Å². The standard InChI is InChI=1S/C24H33F3N4/c1-18-14-19(15-28-10-13-30-11-3-2-4-12-30)17-31(16-18)22-8-7-21(24(25,26)27)23-20(22)6-5-9-29-23/h5-9,18-19,28H,2-4,10-17H2,1H3. The molecule has 2 aliphatic heterocycles. The Balaban J connectivity index is 1.43. The molecule has 0 bridgehead atoms. The lowest BCUT2D eigenvalue weighted by atomic mass is 9.89. The number of nitrogens with one attached hydrogen (secondary N) is 1. The van der Waals surface area contributed by atoms with Gasteiger partial charge in [-0.2, -0.15) is 13.2 Å². The van der Waals surface area contributed by atoms with Crippen LogP contribution in [0.15, 0.2) is 30.5 Å². The Labute approximate surface area is 182 Å². The summed E-state index contributed by atoms with van der Waals surface area (Å²) < 4.78 is 40.4. The molecular weight excluding hydrogens is 401 g/mol. The van der Waals surface area contributed by atoms with E-state index in [1.54, 1.807) is 18.2 Å². The smallest absolute Gasteiger partial charge is 0.370 e. The number of benzene rings is 1. The second-order valence-corrected chi connectivity index (χ2v) is 9.25. The zero-order valence-corrected chi connectivity index (χ0v) is 18.3. The minimum atomic E-state index is -4.40. The van der Waals surface area contributed by atoms with E-state index in [0.29, 0.717) is 17.2 Å². The largest absolute Gasteiger partial charge is 0.418 e. The first-order valence-electron chi connectivity index (χ1n) is 11.5. The summed E-state index contributed by atoms with van der Waals surface area (Å²) in [5, 5.41) is 4.22. The molecule has 1 aromatic carbocycles. The number of fused-ring (bicyclic) bond motifs is 1. The van der Waals surface area contributed by atoms with Gasteiger partial charge in [0.2, 0.25) is 0 Å². The summed E-state index contributed by atoms with van der Waals surface area (Å²) in [7, 11) is 0. The van der Waals surface area contributed by atoms with Crippen molar-refractivity contribution in [2.24, 2.45) is 11.8 Å². The number of likely N-dealkylation sites (tertiary alicyclic amines) is 1. The summed E-state index contributed by atoms with van der Waals surface area (Å²) in [5.41, 5.74) is 0.246. The lowest BCUT2D eigenvalue weighted by Crippen LogP contribution is -2.44. The number of nitrogens with zero attached hydrogens (tertiary/aromatic N) is 3. The first-order chi connectivity index (χ1) is 14.9. The van der Waals surface area contributed by atoms with Crippen molar-refractivity contribution in [3.05, 3.63) is 36.0 Å². The number of piperidine rings is 2. The monoisotopic (exact) mass is 434 g/mol. The van der Waals surface area contributed by atoms with Crippen LogP contribution in [-0.4, -0.2) is 55.7 Å². The van der Waals surface area contributed by atoms with Crippen molar-refractivity contribution in [1.82, 2.24) is 15.2 Å². The molecule has 0 saturated carbocycles. The Morgan fingerprint density at radius 2 is 1.90 bits per heavy atom. The zero-order chi connectivity index (χ0) is 21.8. The fourth-order valence-electron chi connectivity index (χ4n) is 5.21. The lowest BCUT2D eigenvalue weighted by molar-refractivity contribution is -0.136. The highest BCUT2D eigenvalue weighted by Gasteiger charge is 2.34. The average molecular weight is 435 g/mol. The number of pyridine rings is 1.